The van der Waals surface area contributed by atoms with Gasteiger partial charge >= 0.3 is 0 Å². The maximum absolute atomic E-state index is 12.3. The number of hydrogen-bond acceptors (Lipinski definition) is 4. The quantitative estimate of drug-likeness (QED) is 0.545. The molecule has 2 aromatic carbocycles. The molecule has 152 valence electrons. The van der Waals surface area contributed by atoms with Crippen LogP contribution in [0.2, 0.25) is 0 Å². The maximum Gasteiger partial charge on any atom is 0.260 e. The molecule has 1 amide bonds. The number of hydrogen-bond donors (Lipinski definition) is 1. The first-order valence-electron chi connectivity index (χ1n) is 9.98. The van der Waals surface area contributed by atoms with Crippen LogP contribution in [0.5, 0.6) is 5.75 Å². The first-order chi connectivity index (χ1) is 13.9. The molecule has 0 saturated carbocycles. The SMILES string of the molecule is Cc1nc(-c2ccc(CCNC(=O)C(C)Oc3ccc(C(C)C)cc3)cc2)cs1. The summed E-state index contributed by atoms with van der Waals surface area (Å²) in [5, 5.41) is 6.10. The molecule has 3 aromatic rings. The van der Waals surface area contributed by atoms with Crippen LogP contribution in [-0.4, -0.2) is 23.5 Å². The largest absolute Gasteiger partial charge is 0.481 e. The molecule has 1 heterocycles. The third-order valence-corrected chi connectivity index (χ3v) is 5.58. The highest BCUT2D eigenvalue weighted by atomic mass is 32.1. The van der Waals surface area contributed by atoms with Gasteiger partial charge in [0.1, 0.15) is 5.75 Å². The highest BCUT2D eigenvalue weighted by molar-refractivity contribution is 7.09. The van der Waals surface area contributed by atoms with Crippen LogP contribution < -0.4 is 10.1 Å². The normalized spacial score (nSPS) is 12.0. The highest BCUT2D eigenvalue weighted by Gasteiger charge is 2.14. The Bertz CT molecular complexity index is 930. The van der Waals surface area contributed by atoms with Crippen molar-refractivity contribution in [1.29, 1.82) is 0 Å². The first kappa shape index (κ1) is 21.1. The number of aryl methyl sites for hydroxylation is 1. The zero-order valence-corrected chi connectivity index (χ0v) is 18.3. The van der Waals surface area contributed by atoms with Crippen LogP contribution in [0, 0.1) is 6.92 Å². The van der Waals surface area contributed by atoms with Crippen molar-refractivity contribution in [3.8, 4) is 17.0 Å². The summed E-state index contributed by atoms with van der Waals surface area (Å²) in [7, 11) is 0. The molecule has 0 fully saturated rings. The Labute approximate surface area is 177 Å². The van der Waals surface area contributed by atoms with Crippen LogP contribution in [0.3, 0.4) is 0 Å². The standard InChI is InChI=1S/C24H28N2O2S/c1-16(2)20-9-11-22(12-10-20)28-17(3)24(27)25-14-13-19-5-7-21(8-6-19)23-15-29-18(4)26-23/h5-12,15-17H,13-14H2,1-4H3,(H,25,27). The zero-order valence-electron chi connectivity index (χ0n) is 17.4. The smallest absolute Gasteiger partial charge is 0.260 e. The fourth-order valence-electron chi connectivity index (χ4n) is 3.00. The molecule has 0 radical (unpaired) electrons. The second kappa shape index (κ2) is 9.70. The fourth-order valence-corrected chi connectivity index (χ4v) is 3.62. The summed E-state index contributed by atoms with van der Waals surface area (Å²) in [4.78, 5) is 16.8. The topological polar surface area (TPSA) is 51.2 Å². The van der Waals surface area contributed by atoms with Gasteiger partial charge in [0.2, 0.25) is 0 Å². The van der Waals surface area contributed by atoms with E-state index >= 15 is 0 Å². The van der Waals surface area contributed by atoms with Crippen LogP contribution in [0.25, 0.3) is 11.3 Å². The van der Waals surface area contributed by atoms with E-state index in [4.69, 9.17) is 4.74 Å². The summed E-state index contributed by atoms with van der Waals surface area (Å²) in [6.07, 6.45) is 0.243. The average molecular weight is 409 g/mol. The van der Waals surface area contributed by atoms with E-state index in [9.17, 15) is 4.79 Å². The van der Waals surface area contributed by atoms with Crippen LogP contribution in [0.15, 0.2) is 53.9 Å². The lowest BCUT2D eigenvalue weighted by Crippen LogP contribution is -2.37. The lowest BCUT2D eigenvalue weighted by Gasteiger charge is -2.15. The molecular weight excluding hydrogens is 380 g/mol. The molecule has 29 heavy (non-hydrogen) atoms. The number of carbonyl (C=O) groups is 1. The van der Waals surface area contributed by atoms with Gasteiger partial charge in [-0.1, -0.05) is 50.2 Å². The van der Waals surface area contributed by atoms with Crippen LogP contribution in [0.1, 0.15) is 42.8 Å². The van der Waals surface area contributed by atoms with E-state index in [1.54, 1.807) is 18.3 Å². The highest BCUT2D eigenvalue weighted by Crippen LogP contribution is 2.22. The lowest BCUT2D eigenvalue weighted by molar-refractivity contribution is -0.127. The molecule has 0 saturated heterocycles. The fraction of sp³-hybridized carbons (Fsp3) is 0.333. The van der Waals surface area contributed by atoms with Gasteiger partial charge in [0.25, 0.3) is 5.91 Å². The third-order valence-electron chi connectivity index (χ3n) is 4.81. The second-order valence-corrected chi connectivity index (χ2v) is 8.54. The Balaban J connectivity index is 1.45. The number of aromatic nitrogens is 1. The summed E-state index contributed by atoms with van der Waals surface area (Å²) >= 11 is 1.65. The minimum atomic E-state index is -0.532. The van der Waals surface area contributed by atoms with Crippen LogP contribution in [0.4, 0.5) is 0 Å². The van der Waals surface area contributed by atoms with E-state index < -0.39 is 6.10 Å². The number of carbonyl (C=O) groups excluding carboxylic acids is 1. The summed E-state index contributed by atoms with van der Waals surface area (Å²) in [6.45, 7) is 8.67. The average Bonchev–Trinajstić information content (AvgIpc) is 3.15. The molecule has 1 unspecified atom stereocenters. The molecule has 1 atom stereocenters. The van der Waals surface area contributed by atoms with Gasteiger partial charge in [-0.25, -0.2) is 4.98 Å². The molecule has 0 aliphatic heterocycles. The number of amides is 1. The van der Waals surface area contributed by atoms with Crippen molar-refractivity contribution in [2.24, 2.45) is 0 Å². The molecule has 3 rings (SSSR count). The minimum absolute atomic E-state index is 0.104. The Morgan fingerprint density at radius 2 is 1.76 bits per heavy atom. The van der Waals surface area contributed by atoms with Crippen molar-refractivity contribution in [3.63, 3.8) is 0 Å². The van der Waals surface area contributed by atoms with E-state index in [1.165, 1.54) is 11.1 Å². The predicted molar refractivity (Wildman–Crippen MR) is 120 cm³/mol. The van der Waals surface area contributed by atoms with Crippen molar-refractivity contribution >= 4 is 17.2 Å². The van der Waals surface area contributed by atoms with Gasteiger partial charge in [-0.15, -0.1) is 11.3 Å². The number of ether oxygens (including phenoxy) is 1. The molecule has 1 aromatic heterocycles. The molecule has 0 spiro atoms. The first-order valence-corrected chi connectivity index (χ1v) is 10.9. The number of thiazole rings is 1. The van der Waals surface area contributed by atoms with Crippen molar-refractivity contribution in [1.82, 2.24) is 10.3 Å². The van der Waals surface area contributed by atoms with Crippen LogP contribution in [-0.2, 0) is 11.2 Å². The van der Waals surface area contributed by atoms with Gasteiger partial charge < -0.3 is 10.1 Å². The number of benzene rings is 2. The van der Waals surface area contributed by atoms with Gasteiger partial charge in [-0.3, -0.25) is 4.79 Å². The third kappa shape index (κ3) is 5.91. The second-order valence-electron chi connectivity index (χ2n) is 7.47. The predicted octanol–water partition coefficient (Wildman–Crippen LogP) is 5.37. The van der Waals surface area contributed by atoms with E-state index in [-0.39, 0.29) is 5.91 Å². The van der Waals surface area contributed by atoms with Gasteiger partial charge in [0, 0.05) is 17.5 Å². The molecule has 1 N–H and O–H groups in total. The monoisotopic (exact) mass is 408 g/mol. The van der Waals surface area contributed by atoms with E-state index in [0.717, 1.165) is 22.7 Å². The molecule has 0 bridgehead atoms. The maximum atomic E-state index is 12.3. The Morgan fingerprint density at radius 3 is 2.34 bits per heavy atom. The van der Waals surface area contributed by atoms with E-state index in [1.807, 2.05) is 31.2 Å². The van der Waals surface area contributed by atoms with Crippen LogP contribution >= 0.6 is 11.3 Å². The molecule has 5 heteroatoms. The molecule has 4 nitrogen and oxygen atoms in total. The molecule has 0 aliphatic carbocycles. The summed E-state index contributed by atoms with van der Waals surface area (Å²) in [5.41, 5.74) is 4.57. The van der Waals surface area contributed by atoms with Crippen molar-refractivity contribution < 1.29 is 9.53 Å². The van der Waals surface area contributed by atoms with Crippen molar-refractivity contribution in [2.45, 2.75) is 46.1 Å². The van der Waals surface area contributed by atoms with Crippen molar-refractivity contribution in [3.05, 3.63) is 70.0 Å². The van der Waals surface area contributed by atoms with E-state index in [2.05, 4.69) is 53.8 Å². The number of nitrogens with one attached hydrogen (secondary N) is 1. The van der Waals surface area contributed by atoms with Gasteiger partial charge in [0.15, 0.2) is 6.10 Å². The minimum Gasteiger partial charge on any atom is -0.481 e. The number of rotatable bonds is 8. The van der Waals surface area contributed by atoms with Gasteiger partial charge in [-0.05, 0) is 49.4 Å². The zero-order chi connectivity index (χ0) is 20.8. The summed E-state index contributed by atoms with van der Waals surface area (Å²) in [5.74, 6) is 1.09. The Hall–Kier alpha value is -2.66. The number of nitrogens with zero attached hydrogens (tertiary/aromatic N) is 1. The van der Waals surface area contributed by atoms with Gasteiger partial charge in [-0.2, -0.15) is 0 Å². The molecular formula is C24H28N2O2S. The summed E-state index contributed by atoms with van der Waals surface area (Å²) in [6, 6.07) is 16.3. The Morgan fingerprint density at radius 1 is 1.07 bits per heavy atom. The summed E-state index contributed by atoms with van der Waals surface area (Å²) < 4.78 is 5.76. The van der Waals surface area contributed by atoms with Gasteiger partial charge in [0.05, 0.1) is 10.7 Å². The molecule has 0 aliphatic rings. The van der Waals surface area contributed by atoms with Crippen molar-refractivity contribution in [2.75, 3.05) is 6.54 Å². The lowest BCUT2D eigenvalue weighted by atomic mass is 10.0. The Kier molecular flexibility index (Phi) is 7.04. The van der Waals surface area contributed by atoms with E-state index in [0.29, 0.717) is 18.2 Å².